The molecular formula is C13H8N3O2. The summed E-state index contributed by atoms with van der Waals surface area (Å²) in [6, 6.07) is 8.52. The van der Waals surface area contributed by atoms with E-state index in [1.54, 1.807) is 30.5 Å². The number of rotatable bonds is 2. The minimum Gasteiger partial charge on any atom is -0.478 e. The van der Waals surface area contributed by atoms with Crippen molar-refractivity contribution in [2.75, 3.05) is 0 Å². The molecule has 0 fully saturated rings. The third kappa shape index (κ3) is 1.71. The highest BCUT2D eigenvalue weighted by Gasteiger charge is 2.05. The lowest BCUT2D eigenvalue weighted by Gasteiger charge is -2.01. The maximum absolute atomic E-state index is 10.8. The molecule has 0 aliphatic carbocycles. The number of carboxylic acid groups (broad SMARTS) is 1. The van der Waals surface area contributed by atoms with E-state index in [9.17, 15) is 4.79 Å². The van der Waals surface area contributed by atoms with Crippen molar-refractivity contribution in [1.82, 2.24) is 15.0 Å². The molecule has 3 aromatic rings. The van der Waals surface area contributed by atoms with Crippen molar-refractivity contribution >= 4 is 17.1 Å². The maximum Gasteiger partial charge on any atom is 0.335 e. The number of carboxylic acids is 1. The fourth-order valence-corrected chi connectivity index (χ4v) is 1.74. The number of aromatic amines is 1. The summed E-state index contributed by atoms with van der Waals surface area (Å²) < 4.78 is 0. The second kappa shape index (κ2) is 3.96. The monoisotopic (exact) mass is 238 g/mol. The van der Waals surface area contributed by atoms with E-state index in [0.717, 1.165) is 16.6 Å². The van der Waals surface area contributed by atoms with Gasteiger partial charge >= 0.3 is 5.97 Å². The summed E-state index contributed by atoms with van der Waals surface area (Å²) in [5.74, 6) is -0.933. The van der Waals surface area contributed by atoms with Crippen LogP contribution < -0.4 is 0 Å². The van der Waals surface area contributed by atoms with Crippen LogP contribution in [-0.4, -0.2) is 26.0 Å². The first-order valence-corrected chi connectivity index (χ1v) is 5.29. The Kier molecular flexibility index (Phi) is 2.30. The Morgan fingerprint density at radius 3 is 2.72 bits per heavy atom. The topological polar surface area (TPSA) is 78.9 Å². The maximum atomic E-state index is 10.8. The lowest BCUT2D eigenvalue weighted by molar-refractivity contribution is 0.0697. The molecule has 0 spiro atoms. The van der Waals surface area contributed by atoms with Gasteiger partial charge in [0.25, 0.3) is 0 Å². The molecule has 1 radical (unpaired) electrons. The Morgan fingerprint density at radius 1 is 1.22 bits per heavy atom. The highest BCUT2D eigenvalue weighted by molar-refractivity contribution is 5.88. The number of carbonyl (C=O) groups is 1. The largest absolute Gasteiger partial charge is 0.478 e. The van der Waals surface area contributed by atoms with Gasteiger partial charge in [0.2, 0.25) is 0 Å². The molecule has 0 saturated heterocycles. The predicted molar refractivity (Wildman–Crippen MR) is 65.1 cm³/mol. The number of nitrogens with one attached hydrogen (secondary N) is 1. The quantitative estimate of drug-likeness (QED) is 0.716. The summed E-state index contributed by atoms with van der Waals surface area (Å²) in [6.45, 7) is 0. The van der Waals surface area contributed by atoms with Crippen molar-refractivity contribution in [3.63, 3.8) is 0 Å². The van der Waals surface area contributed by atoms with Crippen LogP contribution in [-0.2, 0) is 0 Å². The first kappa shape index (κ1) is 10.5. The number of aromatic nitrogens is 3. The number of imidazole rings is 1. The Balaban J connectivity index is 2.05. The third-order valence-corrected chi connectivity index (χ3v) is 2.68. The number of nitrogens with zero attached hydrogens (tertiary/aromatic N) is 2. The van der Waals surface area contributed by atoms with E-state index in [1.165, 1.54) is 0 Å². The number of fused-ring (bicyclic) bond motifs is 1. The molecule has 0 aliphatic rings. The molecule has 18 heavy (non-hydrogen) atoms. The molecule has 1 aromatic carbocycles. The molecule has 0 unspecified atom stereocenters. The second-order valence-corrected chi connectivity index (χ2v) is 3.82. The standard InChI is InChI=1S/C13H8N3O2/c17-13(18)9-3-1-8(2-4-9)10-5-11-12(14-6-10)16-7-15-11/h1-6H,(H,17,18)(H,14,15,16). The first-order chi connectivity index (χ1) is 8.74. The van der Waals surface area contributed by atoms with Crippen molar-refractivity contribution in [3.8, 4) is 11.1 Å². The van der Waals surface area contributed by atoms with Gasteiger partial charge < -0.3 is 10.1 Å². The average molecular weight is 238 g/mol. The van der Waals surface area contributed by atoms with Gasteiger partial charge in [-0.2, -0.15) is 0 Å². The number of H-pyrrole nitrogens is 1. The van der Waals surface area contributed by atoms with Crippen molar-refractivity contribution in [3.05, 3.63) is 48.4 Å². The van der Waals surface area contributed by atoms with Gasteiger partial charge in [-0.3, -0.25) is 0 Å². The summed E-state index contributed by atoms with van der Waals surface area (Å²) in [5.41, 5.74) is 3.47. The van der Waals surface area contributed by atoms with E-state index in [2.05, 4.69) is 21.3 Å². The number of aromatic carboxylic acids is 1. The molecule has 0 bridgehead atoms. The summed E-state index contributed by atoms with van der Waals surface area (Å²) in [4.78, 5) is 21.8. The van der Waals surface area contributed by atoms with Crippen LogP contribution >= 0.6 is 0 Å². The highest BCUT2D eigenvalue weighted by atomic mass is 16.4. The van der Waals surface area contributed by atoms with Crippen molar-refractivity contribution in [1.29, 1.82) is 0 Å². The van der Waals surface area contributed by atoms with E-state index in [1.807, 2.05) is 6.07 Å². The summed E-state index contributed by atoms with van der Waals surface area (Å²) in [5, 5.41) is 8.83. The molecule has 5 heteroatoms. The SMILES string of the molecule is O=C(O)c1ccc(-c2cnc3[nH][c]nc3c2)cc1. The van der Waals surface area contributed by atoms with Crippen LogP contribution in [0.5, 0.6) is 0 Å². The zero-order valence-corrected chi connectivity index (χ0v) is 9.21. The molecule has 2 N–H and O–H groups in total. The van der Waals surface area contributed by atoms with Gasteiger partial charge in [-0.25, -0.2) is 14.8 Å². The fraction of sp³-hybridized carbons (Fsp3) is 0. The molecule has 2 heterocycles. The van der Waals surface area contributed by atoms with Crippen LogP contribution in [0.3, 0.4) is 0 Å². The van der Waals surface area contributed by atoms with Crippen LogP contribution in [0, 0.1) is 6.33 Å². The molecule has 3 rings (SSSR count). The minimum absolute atomic E-state index is 0.265. The highest BCUT2D eigenvalue weighted by Crippen LogP contribution is 2.21. The number of hydrogen-bond acceptors (Lipinski definition) is 3. The van der Waals surface area contributed by atoms with Gasteiger partial charge in [-0.05, 0) is 23.8 Å². The lowest BCUT2D eigenvalue weighted by atomic mass is 10.1. The van der Waals surface area contributed by atoms with E-state index in [-0.39, 0.29) is 5.56 Å². The Morgan fingerprint density at radius 2 is 2.00 bits per heavy atom. The van der Waals surface area contributed by atoms with Crippen LogP contribution in [0.15, 0.2) is 36.5 Å². The third-order valence-electron chi connectivity index (χ3n) is 2.68. The van der Waals surface area contributed by atoms with Gasteiger partial charge in [0.05, 0.1) is 5.56 Å². The molecular weight excluding hydrogens is 230 g/mol. The number of benzene rings is 1. The van der Waals surface area contributed by atoms with Gasteiger partial charge in [0.15, 0.2) is 12.0 Å². The smallest absolute Gasteiger partial charge is 0.335 e. The Hall–Kier alpha value is -2.69. The van der Waals surface area contributed by atoms with Gasteiger partial charge in [0.1, 0.15) is 5.52 Å². The van der Waals surface area contributed by atoms with E-state index < -0.39 is 5.97 Å². The summed E-state index contributed by atoms with van der Waals surface area (Å²) >= 11 is 0. The fourth-order valence-electron chi connectivity index (χ4n) is 1.74. The van der Waals surface area contributed by atoms with Gasteiger partial charge in [-0.1, -0.05) is 12.1 Å². The predicted octanol–water partition coefficient (Wildman–Crippen LogP) is 2.12. The van der Waals surface area contributed by atoms with Gasteiger partial charge in [-0.15, -0.1) is 0 Å². The van der Waals surface area contributed by atoms with E-state index >= 15 is 0 Å². The zero-order chi connectivity index (χ0) is 12.5. The van der Waals surface area contributed by atoms with Crippen LogP contribution in [0.4, 0.5) is 0 Å². The van der Waals surface area contributed by atoms with E-state index in [0.29, 0.717) is 5.65 Å². The van der Waals surface area contributed by atoms with Crippen LogP contribution in [0.1, 0.15) is 10.4 Å². The molecule has 87 valence electrons. The van der Waals surface area contributed by atoms with Crippen LogP contribution in [0.2, 0.25) is 0 Å². The summed E-state index contributed by atoms with van der Waals surface area (Å²) in [7, 11) is 0. The Labute approximate surface area is 102 Å². The summed E-state index contributed by atoms with van der Waals surface area (Å²) in [6.07, 6.45) is 4.34. The van der Waals surface area contributed by atoms with Crippen molar-refractivity contribution in [2.45, 2.75) is 0 Å². The first-order valence-electron chi connectivity index (χ1n) is 5.29. The van der Waals surface area contributed by atoms with Crippen molar-refractivity contribution < 1.29 is 9.90 Å². The normalized spacial score (nSPS) is 10.7. The number of hydrogen-bond donors (Lipinski definition) is 2. The minimum atomic E-state index is -0.933. The molecule has 0 aliphatic heterocycles. The zero-order valence-electron chi connectivity index (χ0n) is 9.21. The van der Waals surface area contributed by atoms with Crippen molar-refractivity contribution in [2.24, 2.45) is 0 Å². The van der Waals surface area contributed by atoms with E-state index in [4.69, 9.17) is 5.11 Å². The lowest BCUT2D eigenvalue weighted by Crippen LogP contribution is -1.95. The molecule has 2 aromatic heterocycles. The van der Waals surface area contributed by atoms with Gasteiger partial charge in [0, 0.05) is 11.8 Å². The molecule has 0 amide bonds. The molecule has 0 atom stereocenters. The molecule has 0 saturated carbocycles. The van der Waals surface area contributed by atoms with Crippen LogP contribution in [0.25, 0.3) is 22.3 Å². The second-order valence-electron chi connectivity index (χ2n) is 3.82. The molecule has 5 nitrogen and oxygen atoms in total. The number of pyridine rings is 1. The average Bonchev–Trinajstić information content (AvgIpc) is 2.86. The Bertz CT molecular complexity index is 716.